The van der Waals surface area contributed by atoms with Gasteiger partial charge in [0.05, 0.1) is 39.3 Å². The Bertz CT molecular complexity index is 2860. The van der Waals surface area contributed by atoms with E-state index in [0.717, 1.165) is 72.8 Å². The predicted molar refractivity (Wildman–Crippen MR) is 263 cm³/mol. The first kappa shape index (κ1) is 43.8. The zero-order chi connectivity index (χ0) is 46.1. The van der Waals surface area contributed by atoms with Crippen LogP contribution in [0.1, 0.15) is 77.5 Å². The second kappa shape index (κ2) is 18.1. The fourth-order valence-corrected chi connectivity index (χ4v) is 8.62. The highest BCUT2D eigenvalue weighted by atomic mass is 16.2. The fraction of sp³-hybridized carbons (Fsp3) is 0.182. The lowest BCUT2D eigenvalue weighted by Crippen LogP contribution is -2.24. The summed E-state index contributed by atoms with van der Waals surface area (Å²) in [5, 5.41) is 0. The lowest BCUT2D eigenvalue weighted by Gasteiger charge is -2.25. The number of allylic oxidation sites excluding steroid dienone is 3. The molecule has 6 aromatic rings. The van der Waals surface area contributed by atoms with Gasteiger partial charge in [-0.2, -0.15) is 0 Å². The smallest absolute Gasteiger partial charge is 0.261 e. The van der Waals surface area contributed by atoms with Crippen molar-refractivity contribution in [1.29, 1.82) is 0 Å². The number of rotatable bonds is 14. The van der Waals surface area contributed by atoms with Crippen LogP contribution in [0.15, 0.2) is 152 Å². The maximum Gasteiger partial charge on any atom is 0.261 e. The molecule has 2 aliphatic rings. The quantitative estimate of drug-likeness (QED) is 0.0608. The van der Waals surface area contributed by atoms with Crippen molar-refractivity contribution < 1.29 is 19.2 Å². The summed E-state index contributed by atoms with van der Waals surface area (Å²) < 4.78 is 0. The van der Waals surface area contributed by atoms with Gasteiger partial charge in [-0.05, 0) is 152 Å². The minimum Gasteiger partial charge on any atom is -0.378 e. The molecule has 0 aliphatic carbocycles. The van der Waals surface area contributed by atoms with Gasteiger partial charge in [0, 0.05) is 89.9 Å². The van der Waals surface area contributed by atoms with Crippen molar-refractivity contribution in [3.8, 4) is 0 Å². The summed E-state index contributed by atoms with van der Waals surface area (Å²) in [5.74, 6) is -0.153. The van der Waals surface area contributed by atoms with Crippen molar-refractivity contribution in [2.75, 3.05) is 75.0 Å². The number of para-hydroxylation sites is 1. The SMILES string of the molecule is CCN(c1ccc(C(=CC=C[C+](c2ccc(N(C)C)cc2)c2ccccc2N(CC)c2ccc3c(c2)C(=O)N(C)C3=O)c2ccc(N(C)C)cc2)cc1)c1ccc2c(c1)C(=O)N(C)C2=O. The highest BCUT2D eigenvalue weighted by Crippen LogP contribution is 2.39. The van der Waals surface area contributed by atoms with E-state index in [2.05, 4.69) is 137 Å². The van der Waals surface area contributed by atoms with E-state index in [1.54, 1.807) is 12.1 Å². The molecule has 0 fully saturated rings. The predicted octanol–water partition coefficient (Wildman–Crippen LogP) is 10.2. The molecule has 65 heavy (non-hydrogen) atoms. The summed E-state index contributed by atoms with van der Waals surface area (Å²) in [6.07, 6.45) is 6.43. The van der Waals surface area contributed by atoms with Crippen molar-refractivity contribution >= 4 is 63.3 Å². The summed E-state index contributed by atoms with van der Waals surface area (Å²) >= 11 is 0. The highest BCUT2D eigenvalue weighted by Gasteiger charge is 2.35. The van der Waals surface area contributed by atoms with Crippen LogP contribution >= 0.6 is 0 Å². The molecule has 4 amide bonds. The minimum absolute atomic E-state index is 0.281. The van der Waals surface area contributed by atoms with Crippen LogP contribution in [0.3, 0.4) is 0 Å². The maximum atomic E-state index is 13.1. The molecule has 0 saturated carbocycles. The zero-order valence-electron chi connectivity index (χ0n) is 38.2. The summed E-state index contributed by atoms with van der Waals surface area (Å²) in [6, 6.07) is 44.8. The van der Waals surface area contributed by atoms with Crippen molar-refractivity contribution in [3.05, 3.63) is 202 Å². The van der Waals surface area contributed by atoms with E-state index >= 15 is 0 Å². The van der Waals surface area contributed by atoms with Crippen molar-refractivity contribution in [1.82, 2.24) is 9.80 Å². The fourth-order valence-electron chi connectivity index (χ4n) is 8.62. The van der Waals surface area contributed by atoms with E-state index in [1.165, 1.54) is 19.0 Å². The third-order valence-electron chi connectivity index (χ3n) is 12.3. The lowest BCUT2D eigenvalue weighted by molar-refractivity contribution is 0.0678. The number of imide groups is 2. The molecule has 10 nitrogen and oxygen atoms in total. The molecule has 0 bridgehead atoms. The average Bonchev–Trinajstić information content (AvgIpc) is 3.67. The third-order valence-corrected chi connectivity index (χ3v) is 12.3. The van der Waals surface area contributed by atoms with E-state index in [9.17, 15) is 19.2 Å². The molecule has 0 unspecified atom stereocenters. The average molecular weight is 862 g/mol. The Morgan fingerprint density at radius 2 is 0.938 bits per heavy atom. The Morgan fingerprint density at radius 1 is 0.508 bits per heavy atom. The summed E-state index contributed by atoms with van der Waals surface area (Å²) in [7, 11) is 11.2. The van der Waals surface area contributed by atoms with Crippen molar-refractivity contribution in [2.45, 2.75) is 13.8 Å². The molecular formula is C55H53N6O4+. The number of hydrogen-bond donors (Lipinski definition) is 0. The van der Waals surface area contributed by atoms with Crippen LogP contribution in [0.4, 0.5) is 34.1 Å². The van der Waals surface area contributed by atoms with E-state index in [4.69, 9.17) is 0 Å². The molecule has 10 heteroatoms. The molecule has 0 saturated heterocycles. The standard InChI is InChI=1S/C55H53N6O4/c1-9-60(42-30-32-47-49(34-42)54(64)58(7)52(47)62)41-28-22-37(23-29-41)44(36-18-24-39(25-19-36)56(3)4)15-13-16-45(38-20-26-40(27-21-38)57(5)6)46-14-11-12-17-51(46)61(10-2)43-31-33-48-50(35-43)55(65)59(8)53(48)63/h11-35H,9-10H2,1-8H3/q+1. The Hall–Kier alpha value is -7.85. The van der Waals surface area contributed by atoms with Gasteiger partial charge in [-0.3, -0.25) is 29.0 Å². The van der Waals surface area contributed by atoms with Crippen molar-refractivity contribution in [3.63, 3.8) is 0 Å². The largest absolute Gasteiger partial charge is 0.378 e. The molecule has 0 aromatic heterocycles. The number of hydrogen-bond acceptors (Lipinski definition) is 8. The Balaban J connectivity index is 1.19. The number of carbonyl (C=O) groups is 4. The van der Waals surface area contributed by atoms with E-state index in [-0.39, 0.29) is 23.6 Å². The molecule has 0 N–H and O–H groups in total. The zero-order valence-corrected chi connectivity index (χ0v) is 38.2. The Labute approximate surface area is 381 Å². The molecule has 8 rings (SSSR count). The lowest BCUT2D eigenvalue weighted by atomic mass is 9.88. The monoisotopic (exact) mass is 861 g/mol. The van der Waals surface area contributed by atoms with E-state index in [0.29, 0.717) is 35.3 Å². The summed E-state index contributed by atoms with van der Waals surface area (Å²) in [4.78, 5) is 62.2. The van der Waals surface area contributed by atoms with Crippen LogP contribution in [0.25, 0.3) is 5.57 Å². The summed E-state index contributed by atoms with van der Waals surface area (Å²) in [6.45, 7) is 5.42. The molecule has 0 spiro atoms. The van der Waals surface area contributed by atoms with Gasteiger partial charge in [-0.1, -0.05) is 24.3 Å². The van der Waals surface area contributed by atoms with Gasteiger partial charge in [0.2, 0.25) is 0 Å². The molecule has 6 aromatic carbocycles. The van der Waals surface area contributed by atoms with Gasteiger partial charge in [0.15, 0.2) is 0 Å². The van der Waals surface area contributed by atoms with Gasteiger partial charge in [-0.25, -0.2) is 0 Å². The van der Waals surface area contributed by atoms with Crippen LogP contribution in [-0.4, -0.2) is 88.8 Å². The van der Waals surface area contributed by atoms with Crippen LogP contribution < -0.4 is 19.6 Å². The van der Waals surface area contributed by atoms with Crippen LogP contribution in [0, 0.1) is 5.92 Å². The van der Waals surface area contributed by atoms with Gasteiger partial charge < -0.3 is 19.6 Å². The number of benzene rings is 6. The van der Waals surface area contributed by atoms with Gasteiger partial charge in [0.25, 0.3) is 23.6 Å². The van der Waals surface area contributed by atoms with Gasteiger partial charge in [0.1, 0.15) is 5.69 Å². The topological polar surface area (TPSA) is 87.7 Å². The number of anilines is 6. The second-order valence-electron chi connectivity index (χ2n) is 16.6. The molecular weight excluding hydrogens is 809 g/mol. The molecule has 326 valence electrons. The normalized spacial score (nSPS) is 13.4. The van der Waals surface area contributed by atoms with Crippen LogP contribution in [0.2, 0.25) is 0 Å². The number of fused-ring (bicyclic) bond motifs is 2. The molecule has 2 aliphatic heterocycles. The Morgan fingerprint density at radius 3 is 1.43 bits per heavy atom. The first-order valence-electron chi connectivity index (χ1n) is 21.8. The first-order chi connectivity index (χ1) is 31.3. The maximum absolute atomic E-state index is 13.1. The van der Waals surface area contributed by atoms with Crippen LogP contribution in [-0.2, 0) is 0 Å². The van der Waals surface area contributed by atoms with Gasteiger partial charge >= 0.3 is 0 Å². The molecule has 0 radical (unpaired) electrons. The number of carbonyl (C=O) groups excluding carboxylic acids is 4. The van der Waals surface area contributed by atoms with E-state index < -0.39 is 0 Å². The van der Waals surface area contributed by atoms with Gasteiger partial charge in [-0.15, -0.1) is 0 Å². The number of nitrogens with zero attached hydrogens (tertiary/aromatic N) is 6. The second-order valence-corrected chi connectivity index (χ2v) is 16.6. The molecule has 0 atom stereocenters. The van der Waals surface area contributed by atoms with E-state index in [1.807, 2.05) is 64.6 Å². The minimum atomic E-state index is -0.299. The molecule has 2 heterocycles. The Kier molecular flexibility index (Phi) is 12.2. The first-order valence-corrected chi connectivity index (χ1v) is 21.8. The highest BCUT2D eigenvalue weighted by molar-refractivity contribution is 6.22. The number of amides is 4. The van der Waals surface area contributed by atoms with Crippen LogP contribution in [0.5, 0.6) is 0 Å². The summed E-state index contributed by atoms with van der Waals surface area (Å²) in [5.41, 5.74) is 12.6. The van der Waals surface area contributed by atoms with Crippen molar-refractivity contribution in [2.24, 2.45) is 0 Å². The third kappa shape index (κ3) is 8.26.